The Labute approximate surface area is 172 Å². The highest BCUT2D eigenvalue weighted by Crippen LogP contribution is 2.17. The monoisotopic (exact) mass is 414 g/mol. The number of furan rings is 1. The van der Waals surface area contributed by atoms with Gasteiger partial charge in [-0.2, -0.15) is 0 Å². The van der Waals surface area contributed by atoms with E-state index in [0.717, 1.165) is 5.76 Å². The molecule has 152 valence electrons. The number of hydrogen-bond acceptors (Lipinski definition) is 7. The Hall–Kier alpha value is -3.14. The molecular formula is C19H22N6O3S. The number of carbonyl (C=O) groups excluding carboxylic acids is 2. The Balaban J connectivity index is 1.57. The lowest BCUT2D eigenvalue weighted by Crippen LogP contribution is -2.30. The van der Waals surface area contributed by atoms with Gasteiger partial charge in [-0.1, -0.05) is 17.8 Å². The summed E-state index contributed by atoms with van der Waals surface area (Å²) in [6, 6.07) is 10.6. The van der Waals surface area contributed by atoms with E-state index in [1.54, 1.807) is 46.2 Å². The summed E-state index contributed by atoms with van der Waals surface area (Å²) in [4.78, 5) is 26.5. The van der Waals surface area contributed by atoms with Crippen LogP contribution in [-0.2, 0) is 11.3 Å². The minimum absolute atomic E-state index is 0.0578. The summed E-state index contributed by atoms with van der Waals surface area (Å²) >= 11 is 1.22. The highest BCUT2D eigenvalue weighted by atomic mass is 32.2. The van der Waals surface area contributed by atoms with Gasteiger partial charge in [0.2, 0.25) is 11.1 Å². The average molecular weight is 414 g/mol. The first kappa shape index (κ1) is 20.6. The molecule has 0 aliphatic rings. The molecule has 0 bridgehead atoms. The van der Waals surface area contributed by atoms with Crippen molar-refractivity contribution >= 4 is 29.3 Å². The van der Waals surface area contributed by atoms with E-state index in [4.69, 9.17) is 4.42 Å². The van der Waals surface area contributed by atoms with E-state index < -0.39 is 0 Å². The van der Waals surface area contributed by atoms with E-state index in [0.29, 0.717) is 36.0 Å². The molecule has 0 atom stereocenters. The van der Waals surface area contributed by atoms with Gasteiger partial charge in [0.25, 0.3) is 5.91 Å². The zero-order valence-electron chi connectivity index (χ0n) is 16.2. The number of thioether (sulfide) groups is 1. The number of carbonyl (C=O) groups is 2. The third-order valence-corrected chi connectivity index (χ3v) is 5.12. The van der Waals surface area contributed by atoms with Gasteiger partial charge in [0.05, 0.1) is 12.0 Å². The van der Waals surface area contributed by atoms with E-state index in [2.05, 4.69) is 20.8 Å². The molecule has 0 aliphatic heterocycles. The molecule has 0 fully saturated rings. The molecule has 0 aliphatic carbocycles. The van der Waals surface area contributed by atoms with Crippen LogP contribution in [0.2, 0.25) is 0 Å². The van der Waals surface area contributed by atoms with Crippen molar-refractivity contribution in [1.82, 2.24) is 25.1 Å². The summed E-state index contributed by atoms with van der Waals surface area (Å²) in [5.74, 6) is 0.582. The van der Waals surface area contributed by atoms with E-state index in [9.17, 15) is 9.59 Å². The second-order valence-corrected chi connectivity index (χ2v) is 7.04. The second kappa shape index (κ2) is 9.87. The first-order chi connectivity index (χ1) is 14.1. The largest absolute Gasteiger partial charge is 0.467 e. The fourth-order valence-corrected chi connectivity index (χ4v) is 3.38. The molecular weight excluding hydrogens is 392 g/mol. The lowest BCUT2D eigenvalue weighted by molar-refractivity contribution is -0.113. The molecule has 0 unspecified atom stereocenters. The predicted molar refractivity (Wildman–Crippen MR) is 109 cm³/mol. The number of rotatable bonds is 9. The predicted octanol–water partition coefficient (Wildman–Crippen LogP) is 2.53. The number of nitrogens with zero attached hydrogens (tertiary/aromatic N) is 5. The fraction of sp³-hybridized carbons (Fsp3) is 0.316. The maximum Gasteiger partial charge on any atom is 0.253 e. The van der Waals surface area contributed by atoms with Crippen molar-refractivity contribution in [3.63, 3.8) is 0 Å². The molecule has 2 heterocycles. The molecule has 3 rings (SSSR count). The van der Waals surface area contributed by atoms with Gasteiger partial charge in [-0.25, -0.2) is 4.68 Å². The molecule has 2 aromatic heterocycles. The Morgan fingerprint density at radius 1 is 1.21 bits per heavy atom. The second-order valence-electron chi connectivity index (χ2n) is 6.09. The summed E-state index contributed by atoms with van der Waals surface area (Å²) in [5, 5.41) is 14.8. The number of anilines is 1. The van der Waals surface area contributed by atoms with Crippen molar-refractivity contribution in [3.8, 4) is 0 Å². The number of tetrazole rings is 1. The van der Waals surface area contributed by atoms with Gasteiger partial charge in [0.15, 0.2) is 0 Å². The van der Waals surface area contributed by atoms with E-state index >= 15 is 0 Å². The summed E-state index contributed by atoms with van der Waals surface area (Å²) in [6.45, 7) is 5.53. The van der Waals surface area contributed by atoms with Crippen LogP contribution in [0.4, 0.5) is 5.69 Å². The summed E-state index contributed by atoms with van der Waals surface area (Å²) < 4.78 is 6.86. The Morgan fingerprint density at radius 2 is 2.03 bits per heavy atom. The minimum atomic E-state index is -0.213. The molecule has 3 aromatic rings. The Bertz CT molecular complexity index is 953. The maximum absolute atomic E-state index is 12.5. The molecule has 1 N–H and O–H groups in total. The average Bonchev–Trinajstić information content (AvgIpc) is 3.40. The number of nitrogens with one attached hydrogen (secondary N) is 1. The van der Waals surface area contributed by atoms with Gasteiger partial charge in [-0.15, -0.1) is 5.10 Å². The van der Waals surface area contributed by atoms with Gasteiger partial charge in [0, 0.05) is 24.3 Å². The van der Waals surface area contributed by atoms with Crippen molar-refractivity contribution in [2.24, 2.45) is 0 Å². The lowest BCUT2D eigenvalue weighted by Gasteiger charge is -2.19. The van der Waals surface area contributed by atoms with Crippen LogP contribution in [0.5, 0.6) is 0 Å². The van der Waals surface area contributed by atoms with Crippen LogP contribution in [0.1, 0.15) is 30.0 Å². The zero-order valence-corrected chi connectivity index (χ0v) is 17.1. The number of amides is 2. The molecule has 1 aromatic carbocycles. The van der Waals surface area contributed by atoms with Crippen molar-refractivity contribution < 1.29 is 14.0 Å². The van der Waals surface area contributed by atoms with Crippen molar-refractivity contribution in [1.29, 1.82) is 0 Å². The molecule has 0 radical (unpaired) electrons. The third kappa shape index (κ3) is 5.44. The smallest absolute Gasteiger partial charge is 0.253 e. The van der Waals surface area contributed by atoms with E-state index in [1.165, 1.54) is 11.8 Å². The molecule has 10 heteroatoms. The van der Waals surface area contributed by atoms with Gasteiger partial charge in [-0.3, -0.25) is 9.59 Å². The normalized spacial score (nSPS) is 10.7. The van der Waals surface area contributed by atoms with Crippen molar-refractivity contribution in [2.75, 3.05) is 24.2 Å². The molecule has 0 saturated heterocycles. The molecule has 9 nitrogen and oxygen atoms in total. The molecule has 0 saturated carbocycles. The van der Waals surface area contributed by atoms with Crippen LogP contribution in [0.15, 0.2) is 52.2 Å². The van der Waals surface area contributed by atoms with Crippen molar-refractivity contribution in [3.05, 3.63) is 54.0 Å². The highest BCUT2D eigenvalue weighted by Gasteiger charge is 2.14. The van der Waals surface area contributed by atoms with Gasteiger partial charge in [0.1, 0.15) is 12.3 Å². The maximum atomic E-state index is 12.5. The molecule has 29 heavy (non-hydrogen) atoms. The van der Waals surface area contributed by atoms with E-state index in [-0.39, 0.29) is 17.6 Å². The lowest BCUT2D eigenvalue weighted by atomic mass is 10.1. The topological polar surface area (TPSA) is 106 Å². The number of aromatic nitrogens is 4. The standard InChI is InChI=1S/C19H22N6O3S/c1-3-24(4-2)18(27)14-7-5-8-15(11-14)20-17(26)13-29-19-21-22-23-25(19)12-16-9-6-10-28-16/h5-11H,3-4,12-13H2,1-2H3,(H,20,26). The van der Waals surface area contributed by atoms with Crippen LogP contribution in [0.3, 0.4) is 0 Å². The van der Waals surface area contributed by atoms with Gasteiger partial charge >= 0.3 is 0 Å². The molecule has 2 amide bonds. The summed E-state index contributed by atoms with van der Waals surface area (Å²) in [5.41, 5.74) is 1.12. The van der Waals surface area contributed by atoms with Gasteiger partial charge < -0.3 is 14.6 Å². The van der Waals surface area contributed by atoms with Crippen LogP contribution in [0, 0.1) is 0 Å². The minimum Gasteiger partial charge on any atom is -0.467 e. The van der Waals surface area contributed by atoms with E-state index in [1.807, 2.05) is 19.9 Å². The van der Waals surface area contributed by atoms with Crippen LogP contribution < -0.4 is 5.32 Å². The zero-order chi connectivity index (χ0) is 20.6. The Kier molecular flexibility index (Phi) is 7.01. The fourth-order valence-electron chi connectivity index (χ4n) is 2.70. The summed E-state index contributed by atoms with van der Waals surface area (Å²) in [6.07, 6.45) is 1.58. The van der Waals surface area contributed by atoms with Crippen LogP contribution in [-0.4, -0.2) is 55.8 Å². The first-order valence-corrected chi connectivity index (χ1v) is 10.2. The van der Waals surface area contributed by atoms with Gasteiger partial charge in [-0.05, 0) is 54.6 Å². The number of hydrogen-bond donors (Lipinski definition) is 1. The summed E-state index contributed by atoms with van der Waals surface area (Å²) in [7, 11) is 0. The Morgan fingerprint density at radius 3 is 2.76 bits per heavy atom. The van der Waals surface area contributed by atoms with Crippen LogP contribution in [0.25, 0.3) is 0 Å². The quantitative estimate of drug-likeness (QED) is 0.536. The first-order valence-electron chi connectivity index (χ1n) is 9.21. The number of benzene rings is 1. The third-order valence-electron chi connectivity index (χ3n) is 4.16. The SMILES string of the molecule is CCN(CC)C(=O)c1cccc(NC(=O)CSc2nnnn2Cc2ccco2)c1. The highest BCUT2D eigenvalue weighted by molar-refractivity contribution is 7.99. The van der Waals surface area contributed by atoms with Crippen LogP contribution >= 0.6 is 11.8 Å². The van der Waals surface area contributed by atoms with Crippen molar-refractivity contribution in [2.45, 2.75) is 25.5 Å². The molecule has 0 spiro atoms.